The Morgan fingerprint density at radius 1 is 1.03 bits per heavy atom. The van der Waals surface area contributed by atoms with Gasteiger partial charge in [0.2, 0.25) is 5.91 Å². The quantitative estimate of drug-likeness (QED) is 0.659. The summed E-state index contributed by atoms with van der Waals surface area (Å²) >= 11 is 0.876. The summed E-state index contributed by atoms with van der Waals surface area (Å²) in [4.78, 5) is 41.4. The van der Waals surface area contributed by atoms with E-state index in [-0.39, 0.29) is 6.54 Å². The van der Waals surface area contributed by atoms with Gasteiger partial charge >= 0.3 is 0 Å². The maximum absolute atomic E-state index is 12.8. The average molecular weight is 450 g/mol. The highest BCUT2D eigenvalue weighted by molar-refractivity contribution is 8.18. The highest BCUT2D eigenvalue weighted by Crippen LogP contribution is 2.33. The molecule has 0 atom stereocenters. The first-order chi connectivity index (χ1) is 15.3. The molecule has 3 amide bonds. The van der Waals surface area contributed by atoms with Gasteiger partial charge < -0.3 is 10.2 Å². The molecule has 2 heterocycles. The van der Waals surface area contributed by atoms with Crippen LogP contribution in [0.5, 0.6) is 0 Å². The number of nitrogens with zero attached hydrogens (tertiary/aromatic N) is 2. The largest absolute Gasteiger partial charge is 0.372 e. The van der Waals surface area contributed by atoms with Crippen LogP contribution in [0.2, 0.25) is 0 Å². The van der Waals surface area contributed by atoms with Crippen molar-refractivity contribution in [3.8, 4) is 0 Å². The van der Waals surface area contributed by atoms with Crippen LogP contribution in [0.15, 0.2) is 41.3 Å². The minimum Gasteiger partial charge on any atom is -0.372 e. The van der Waals surface area contributed by atoms with E-state index in [0.717, 1.165) is 52.0 Å². The Morgan fingerprint density at radius 3 is 2.38 bits per heavy atom. The van der Waals surface area contributed by atoms with E-state index in [4.69, 9.17) is 0 Å². The zero-order chi connectivity index (χ0) is 22.8. The summed E-state index contributed by atoms with van der Waals surface area (Å²) in [6.07, 6.45) is 4.17. The molecule has 166 valence electrons. The number of anilines is 2. The van der Waals surface area contributed by atoms with Crippen LogP contribution >= 0.6 is 11.8 Å². The van der Waals surface area contributed by atoms with Crippen molar-refractivity contribution in [3.63, 3.8) is 0 Å². The molecule has 0 spiro atoms. The number of rotatable bonds is 5. The molecule has 32 heavy (non-hydrogen) atoms. The van der Waals surface area contributed by atoms with Crippen LogP contribution in [-0.4, -0.2) is 41.6 Å². The van der Waals surface area contributed by atoms with Crippen molar-refractivity contribution >= 4 is 46.3 Å². The van der Waals surface area contributed by atoms with Crippen molar-refractivity contribution in [1.29, 1.82) is 0 Å². The number of imide groups is 1. The monoisotopic (exact) mass is 449 g/mol. The molecule has 2 aliphatic heterocycles. The van der Waals surface area contributed by atoms with Crippen LogP contribution in [0.3, 0.4) is 0 Å². The standard InChI is InChI=1S/C25H27N3O3S/c1-16-10-17(2)12-20(11-16)26-23(29)15-28-24(30)22(32-25(28)31)14-19-6-7-21(13-18(19)3)27-8-4-5-9-27/h6-7,10-14H,4-5,8-9,15H2,1-3H3,(H,26,29)/b22-14+. The first kappa shape index (κ1) is 22.1. The Bertz CT molecular complexity index is 1100. The second-order valence-corrected chi connectivity index (χ2v) is 9.42. The summed E-state index contributed by atoms with van der Waals surface area (Å²) in [7, 11) is 0. The van der Waals surface area contributed by atoms with Gasteiger partial charge in [-0.2, -0.15) is 0 Å². The number of aryl methyl sites for hydroxylation is 3. The number of nitrogens with one attached hydrogen (secondary N) is 1. The average Bonchev–Trinajstić information content (AvgIpc) is 3.34. The van der Waals surface area contributed by atoms with E-state index in [0.29, 0.717) is 10.6 Å². The van der Waals surface area contributed by atoms with Crippen molar-refractivity contribution in [3.05, 3.63) is 63.6 Å². The molecule has 4 rings (SSSR count). The third kappa shape index (κ3) is 4.88. The number of hydrogen-bond donors (Lipinski definition) is 1. The molecular weight excluding hydrogens is 422 g/mol. The third-order valence-corrected chi connectivity index (χ3v) is 6.60. The lowest BCUT2D eigenvalue weighted by molar-refractivity contribution is -0.127. The van der Waals surface area contributed by atoms with Gasteiger partial charge in [-0.05, 0) is 98.0 Å². The van der Waals surface area contributed by atoms with Crippen LogP contribution < -0.4 is 10.2 Å². The molecule has 2 aromatic rings. The van der Waals surface area contributed by atoms with E-state index < -0.39 is 17.1 Å². The maximum Gasteiger partial charge on any atom is 0.294 e. The Kier molecular flexibility index (Phi) is 6.37. The van der Waals surface area contributed by atoms with Crippen LogP contribution in [-0.2, 0) is 9.59 Å². The number of carbonyl (C=O) groups excluding carboxylic acids is 3. The van der Waals surface area contributed by atoms with E-state index in [9.17, 15) is 14.4 Å². The lowest BCUT2D eigenvalue weighted by Gasteiger charge is -2.18. The van der Waals surface area contributed by atoms with Crippen molar-refractivity contribution in [2.75, 3.05) is 29.9 Å². The summed E-state index contributed by atoms with van der Waals surface area (Å²) in [5, 5.41) is 2.35. The molecule has 6 nitrogen and oxygen atoms in total. The predicted octanol–water partition coefficient (Wildman–Crippen LogP) is 4.89. The molecule has 2 aliphatic rings. The van der Waals surface area contributed by atoms with Gasteiger partial charge in [0, 0.05) is 24.5 Å². The Morgan fingerprint density at radius 2 is 1.72 bits per heavy atom. The van der Waals surface area contributed by atoms with Gasteiger partial charge in [0.15, 0.2) is 0 Å². The van der Waals surface area contributed by atoms with E-state index in [1.54, 1.807) is 6.08 Å². The molecule has 2 aromatic carbocycles. The molecule has 2 saturated heterocycles. The Labute approximate surface area is 192 Å². The summed E-state index contributed by atoms with van der Waals surface area (Å²) < 4.78 is 0. The molecule has 7 heteroatoms. The summed E-state index contributed by atoms with van der Waals surface area (Å²) in [6, 6.07) is 11.9. The number of benzene rings is 2. The number of thioether (sulfide) groups is 1. The first-order valence-electron chi connectivity index (χ1n) is 10.8. The van der Waals surface area contributed by atoms with Crippen molar-refractivity contribution in [1.82, 2.24) is 4.90 Å². The topological polar surface area (TPSA) is 69.7 Å². The lowest BCUT2D eigenvalue weighted by Crippen LogP contribution is -2.36. The van der Waals surface area contributed by atoms with Crippen LogP contribution in [0.25, 0.3) is 6.08 Å². The van der Waals surface area contributed by atoms with Crippen molar-refractivity contribution in [2.24, 2.45) is 0 Å². The van der Waals surface area contributed by atoms with Gasteiger partial charge in [0.05, 0.1) is 4.91 Å². The molecular formula is C25H27N3O3S. The number of amides is 3. The third-order valence-electron chi connectivity index (χ3n) is 5.69. The number of hydrogen-bond acceptors (Lipinski definition) is 5. The summed E-state index contributed by atoms with van der Waals surface area (Å²) in [6.45, 7) is 7.74. The maximum atomic E-state index is 12.8. The zero-order valence-corrected chi connectivity index (χ0v) is 19.4. The van der Waals surface area contributed by atoms with E-state index in [1.807, 2.05) is 45.0 Å². The summed E-state index contributed by atoms with van der Waals surface area (Å²) in [5.74, 6) is -0.830. The van der Waals surface area contributed by atoms with Gasteiger partial charge in [-0.15, -0.1) is 0 Å². The predicted molar refractivity (Wildman–Crippen MR) is 130 cm³/mol. The molecule has 1 N–H and O–H groups in total. The van der Waals surface area contributed by atoms with Gasteiger partial charge in [-0.25, -0.2) is 0 Å². The molecule has 0 bridgehead atoms. The first-order valence-corrected chi connectivity index (χ1v) is 11.6. The van der Waals surface area contributed by atoms with Crippen molar-refractivity contribution in [2.45, 2.75) is 33.6 Å². The van der Waals surface area contributed by atoms with Crippen molar-refractivity contribution < 1.29 is 14.4 Å². The second kappa shape index (κ2) is 9.20. The lowest BCUT2D eigenvalue weighted by atomic mass is 10.1. The number of carbonyl (C=O) groups is 3. The fraction of sp³-hybridized carbons (Fsp3) is 0.320. The smallest absolute Gasteiger partial charge is 0.294 e. The van der Waals surface area contributed by atoms with E-state index in [2.05, 4.69) is 22.3 Å². The van der Waals surface area contributed by atoms with Gasteiger partial charge in [0.25, 0.3) is 11.1 Å². The highest BCUT2D eigenvalue weighted by atomic mass is 32.2. The molecule has 0 saturated carbocycles. The zero-order valence-electron chi connectivity index (χ0n) is 18.6. The minimum absolute atomic E-state index is 0.304. The molecule has 0 aromatic heterocycles. The fourth-order valence-electron chi connectivity index (χ4n) is 4.16. The molecule has 2 fully saturated rings. The Hall–Kier alpha value is -3.06. The van der Waals surface area contributed by atoms with Crippen LogP contribution in [0.1, 0.15) is 35.1 Å². The Balaban J connectivity index is 1.45. The second-order valence-electron chi connectivity index (χ2n) is 8.43. The SMILES string of the molecule is Cc1cc(C)cc(NC(=O)CN2C(=O)S/C(=C/c3ccc(N4CCCC4)cc3C)C2=O)c1. The molecule has 0 radical (unpaired) electrons. The molecule has 0 aliphatic carbocycles. The van der Waals surface area contributed by atoms with E-state index in [1.165, 1.54) is 18.5 Å². The van der Waals surface area contributed by atoms with Gasteiger partial charge in [-0.3, -0.25) is 19.3 Å². The summed E-state index contributed by atoms with van der Waals surface area (Å²) in [5.41, 5.74) is 5.85. The highest BCUT2D eigenvalue weighted by Gasteiger charge is 2.36. The normalized spacial score (nSPS) is 17.5. The van der Waals surface area contributed by atoms with Crippen LogP contribution in [0.4, 0.5) is 16.2 Å². The van der Waals surface area contributed by atoms with Gasteiger partial charge in [0.1, 0.15) is 6.54 Å². The molecule has 0 unspecified atom stereocenters. The minimum atomic E-state index is -0.432. The van der Waals surface area contributed by atoms with Crippen LogP contribution in [0, 0.1) is 20.8 Å². The van der Waals surface area contributed by atoms with Gasteiger partial charge in [-0.1, -0.05) is 12.1 Å². The van der Waals surface area contributed by atoms with E-state index >= 15 is 0 Å². The fourth-order valence-corrected chi connectivity index (χ4v) is 4.99.